The molecule has 2 nitrogen and oxygen atoms in total. The summed E-state index contributed by atoms with van der Waals surface area (Å²) in [5.74, 6) is 0. The Morgan fingerprint density at radius 3 is 0.969 bits per heavy atom. The fourth-order valence-electron chi connectivity index (χ4n) is 4.17. The lowest BCUT2D eigenvalue weighted by Crippen LogP contribution is -2.25. The van der Waals surface area contributed by atoms with Gasteiger partial charge in [-0.15, -0.1) is 0 Å². The molecule has 2 rings (SSSR count). The van der Waals surface area contributed by atoms with E-state index in [-0.39, 0.29) is 0 Å². The molecule has 2 aromatic rings. The van der Waals surface area contributed by atoms with Crippen LogP contribution in [0, 0.1) is 0 Å². The highest BCUT2D eigenvalue weighted by atomic mass is 15.1. The number of hydrogen-bond donors (Lipinski definition) is 0. The highest BCUT2D eigenvalue weighted by Crippen LogP contribution is 2.20. The fourth-order valence-corrected chi connectivity index (χ4v) is 4.17. The molecule has 0 bridgehead atoms. The summed E-state index contributed by atoms with van der Waals surface area (Å²) in [6, 6.07) is 18.7. The Hall–Kier alpha value is -1.96. The first-order valence-corrected chi connectivity index (χ1v) is 13.4. The predicted molar refractivity (Wildman–Crippen MR) is 144 cm³/mol. The minimum Gasteiger partial charge on any atom is -0.372 e. The van der Waals surface area contributed by atoms with Gasteiger partial charge >= 0.3 is 0 Å². The SMILES string of the molecule is CCCCN(CCCC)c1ccc(CCc2ccc(N(CCCC)CCCC)cc2)cc1. The third kappa shape index (κ3) is 9.27. The largest absolute Gasteiger partial charge is 0.372 e. The predicted octanol–water partition coefficient (Wildman–Crippen LogP) is 8.29. The van der Waals surface area contributed by atoms with E-state index in [4.69, 9.17) is 0 Å². The molecule has 0 aromatic heterocycles. The van der Waals surface area contributed by atoms with Crippen molar-refractivity contribution in [2.24, 2.45) is 0 Å². The highest BCUT2D eigenvalue weighted by molar-refractivity contribution is 5.49. The van der Waals surface area contributed by atoms with Crippen molar-refractivity contribution >= 4 is 11.4 Å². The number of anilines is 2. The first-order chi connectivity index (χ1) is 15.7. The lowest BCUT2D eigenvalue weighted by molar-refractivity contribution is 0.678. The van der Waals surface area contributed by atoms with Gasteiger partial charge in [-0.05, 0) is 73.9 Å². The summed E-state index contributed by atoms with van der Waals surface area (Å²) >= 11 is 0. The van der Waals surface area contributed by atoms with Gasteiger partial charge in [0.25, 0.3) is 0 Å². The standard InChI is InChI=1S/C30H48N2/c1-5-9-23-31(24-10-6-2)29-19-15-27(16-20-29)13-14-28-17-21-30(22-18-28)32(25-11-7-3)26-12-8-4/h15-22H,5-14,23-26H2,1-4H3. The second-order valence-electron chi connectivity index (χ2n) is 9.22. The zero-order valence-electron chi connectivity index (χ0n) is 21.4. The molecule has 0 N–H and O–H groups in total. The summed E-state index contributed by atoms with van der Waals surface area (Å²) in [6.45, 7) is 13.8. The van der Waals surface area contributed by atoms with Crippen LogP contribution in [-0.4, -0.2) is 26.2 Å². The minimum absolute atomic E-state index is 1.11. The summed E-state index contributed by atoms with van der Waals surface area (Å²) in [5, 5.41) is 0. The molecule has 0 aliphatic heterocycles. The van der Waals surface area contributed by atoms with Crippen molar-refractivity contribution in [2.75, 3.05) is 36.0 Å². The van der Waals surface area contributed by atoms with Crippen LogP contribution in [0.4, 0.5) is 11.4 Å². The molecule has 0 heterocycles. The Labute approximate surface area is 199 Å². The second-order valence-corrected chi connectivity index (χ2v) is 9.22. The van der Waals surface area contributed by atoms with E-state index in [1.165, 1.54) is 100 Å². The van der Waals surface area contributed by atoms with Crippen molar-refractivity contribution < 1.29 is 0 Å². The van der Waals surface area contributed by atoms with E-state index in [9.17, 15) is 0 Å². The van der Waals surface area contributed by atoms with Gasteiger partial charge in [0.1, 0.15) is 0 Å². The molecule has 0 aliphatic carbocycles. The molecule has 0 amide bonds. The van der Waals surface area contributed by atoms with Crippen LogP contribution in [0.2, 0.25) is 0 Å². The van der Waals surface area contributed by atoms with Gasteiger partial charge in [-0.2, -0.15) is 0 Å². The van der Waals surface area contributed by atoms with Gasteiger partial charge in [-0.1, -0.05) is 77.6 Å². The Morgan fingerprint density at radius 1 is 0.438 bits per heavy atom. The maximum absolute atomic E-state index is 2.57. The number of nitrogens with zero attached hydrogens (tertiary/aromatic N) is 2. The van der Waals surface area contributed by atoms with Crippen LogP contribution < -0.4 is 9.80 Å². The Kier molecular flexibility index (Phi) is 13.0. The third-order valence-electron chi connectivity index (χ3n) is 6.43. The van der Waals surface area contributed by atoms with Crippen molar-refractivity contribution in [2.45, 2.75) is 91.9 Å². The lowest BCUT2D eigenvalue weighted by atomic mass is 10.0. The van der Waals surface area contributed by atoms with Gasteiger partial charge in [-0.3, -0.25) is 0 Å². The number of aryl methyl sites for hydroxylation is 2. The zero-order valence-corrected chi connectivity index (χ0v) is 21.4. The van der Waals surface area contributed by atoms with Crippen LogP contribution in [0.15, 0.2) is 48.5 Å². The molecule has 0 unspecified atom stereocenters. The molecule has 0 aliphatic rings. The van der Waals surface area contributed by atoms with Gasteiger partial charge in [0, 0.05) is 37.6 Å². The molecular formula is C30H48N2. The van der Waals surface area contributed by atoms with Crippen LogP contribution in [-0.2, 0) is 12.8 Å². The smallest absolute Gasteiger partial charge is 0.0366 e. The van der Waals surface area contributed by atoms with Crippen LogP contribution in [0.25, 0.3) is 0 Å². The molecule has 0 spiro atoms. The van der Waals surface area contributed by atoms with Crippen molar-refractivity contribution in [3.05, 3.63) is 59.7 Å². The van der Waals surface area contributed by atoms with Crippen molar-refractivity contribution in [1.29, 1.82) is 0 Å². The quantitative estimate of drug-likeness (QED) is 0.246. The van der Waals surface area contributed by atoms with Crippen molar-refractivity contribution in [1.82, 2.24) is 0 Å². The van der Waals surface area contributed by atoms with E-state index in [1.807, 2.05) is 0 Å². The van der Waals surface area contributed by atoms with E-state index in [0.29, 0.717) is 0 Å². The maximum atomic E-state index is 2.57. The Balaban J connectivity index is 1.92. The number of rotatable bonds is 17. The summed E-state index contributed by atoms with van der Waals surface area (Å²) < 4.78 is 0. The normalized spacial score (nSPS) is 11.0. The first kappa shape index (κ1) is 26.3. The molecule has 0 saturated carbocycles. The van der Waals surface area contributed by atoms with Gasteiger partial charge < -0.3 is 9.80 Å². The highest BCUT2D eigenvalue weighted by Gasteiger charge is 2.07. The van der Waals surface area contributed by atoms with Crippen LogP contribution in [0.3, 0.4) is 0 Å². The van der Waals surface area contributed by atoms with Crippen LogP contribution >= 0.6 is 0 Å². The number of hydrogen-bond acceptors (Lipinski definition) is 2. The number of benzene rings is 2. The minimum atomic E-state index is 1.11. The van der Waals surface area contributed by atoms with E-state index in [2.05, 4.69) is 86.0 Å². The molecule has 32 heavy (non-hydrogen) atoms. The van der Waals surface area contributed by atoms with Gasteiger partial charge in [0.2, 0.25) is 0 Å². The lowest BCUT2D eigenvalue weighted by Gasteiger charge is -2.25. The van der Waals surface area contributed by atoms with Crippen LogP contribution in [0.5, 0.6) is 0 Å². The average molecular weight is 437 g/mol. The summed E-state index contributed by atoms with van der Waals surface area (Å²) in [7, 11) is 0. The Morgan fingerprint density at radius 2 is 0.719 bits per heavy atom. The van der Waals surface area contributed by atoms with Gasteiger partial charge in [0.15, 0.2) is 0 Å². The number of unbranched alkanes of at least 4 members (excludes halogenated alkanes) is 4. The summed E-state index contributed by atoms with van der Waals surface area (Å²) in [4.78, 5) is 5.14. The molecule has 0 fully saturated rings. The molecule has 2 aromatic carbocycles. The maximum Gasteiger partial charge on any atom is 0.0366 e. The molecule has 0 radical (unpaired) electrons. The topological polar surface area (TPSA) is 6.48 Å². The van der Waals surface area contributed by atoms with Crippen LogP contribution in [0.1, 0.15) is 90.2 Å². The van der Waals surface area contributed by atoms with E-state index in [0.717, 1.165) is 12.8 Å². The monoisotopic (exact) mass is 436 g/mol. The van der Waals surface area contributed by atoms with Gasteiger partial charge in [0.05, 0.1) is 0 Å². The van der Waals surface area contributed by atoms with E-state index < -0.39 is 0 Å². The second kappa shape index (κ2) is 15.8. The van der Waals surface area contributed by atoms with E-state index >= 15 is 0 Å². The molecule has 0 atom stereocenters. The summed E-state index contributed by atoms with van der Waals surface area (Å²) in [5.41, 5.74) is 5.66. The third-order valence-corrected chi connectivity index (χ3v) is 6.43. The zero-order chi connectivity index (χ0) is 23.0. The average Bonchev–Trinajstić information content (AvgIpc) is 2.84. The van der Waals surface area contributed by atoms with Crippen molar-refractivity contribution in [3.8, 4) is 0 Å². The molecule has 0 saturated heterocycles. The van der Waals surface area contributed by atoms with E-state index in [1.54, 1.807) is 0 Å². The first-order valence-electron chi connectivity index (χ1n) is 13.4. The molecule has 2 heteroatoms. The Bertz CT molecular complexity index is 625. The molecular weight excluding hydrogens is 388 g/mol. The van der Waals surface area contributed by atoms with Gasteiger partial charge in [-0.25, -0.2) is 0 Å². The van der Waals surface area contributed by atoms with Crippen molar-refractivity contribution in [3.63, 3.8) is 0 Å². The fraction of sp³-hybridized carbons (Fsp3) is 0.600. The molecule has 178 valence electrons. The summed E-state index contributed by atoms with van der Waals surface area (Å²) in [6.07, 6.45) is 12.3.